The van der Waals surface area contributed by atoms with Gasteiger partial charge in [0.05, 0.1) is 29.6 Å². The van der Waals surface area contributed by atoms with E-state index in [0.717, 1.165) is 0 Å². The van der Waals surface area contributed by atoms with Crippen LogP contribution in [-0.2, 0) is 47.7 Å². The van der Waals surface area contributed by atoms with Crippen molar-refractivity contribution in [3.8, 4) is 0 Å². The van der Waals surface area contributed by atoms with Crippen molar-refractivity contribution in [2.75, 3.05) is 14.1 Å². The number of esters is 5. The zero-order chi connectivity index (χ0) is 55.2. The predicted molar refractivity (Wildman–Crippen MR) is 283 cm³/mol. The maximum atomic E-state index is 15.2. The molecule has 6 fully saturated rings. The second-order valence-corrected chi connectivity index (χ2v) is 30.5. The zero-order valence-electron chi connectivity index (χ0n) is 49.5. The van der Waals surface area contributed by atoms with E-state index in [1.54, 1.807) is 0 Å². The predicted octanol–water partition coefficient (Wildman–Crippen LogP) is 8.42. The highest BCUT2D eigenvalue weighted by molar-refractivity contribution is 5.77. The molecule has 0 aromatic carbocycles. The fourth-order valence-electron chi connectivity index (χ4n) is 15.5. The molecule has 0 amide bonds. The Kier molecular flexibility index (Phi) is 16.2. The number of piperidine rings is 5. The van der Waals surface area contributed by atoms with Crippen LogP contribution in [-0.4, -0.2) is 140 Å². The maximum Gasteiger partial charge on any atom is 0.309 e. The summed E-state index contributed by atoms with van der Waals surface area (Å²) in [5.41, 5.74) is -4.05. The van der Waals surface area contributed by atoms with Crippen LogP contribution in [0.1, 0.15) is 209 Å². The normalized spacial score (nSPS) is 33.2. The molecule has 1 saturated carbocycles. The molecular weight excluding hydrogens is 927 g/mol. The Hall–Kier alpha value is -2.85. The summed E-state index contributed by atoms with van der Waals surface area (Å²) in [5.74, 6) is -5.39. The molecule has 5 heterocycles. The van der Waals surface area contributed by atoms with Gasteiger partial charge in [-0.2, -0.15) is 0 Å². The monoisotopic (exact) mass is 1030 g/mol. The summed E-state index contributed by atoms with van der Waals surface area (Å²) in [6, 6.07) is 0. The van der Waals surface area contributed by atoms with E-state index in [1.807, 2.05) is 0 Å². The maximum absolute atomic E-state index is 15.2. The van der Waals surface area contributed by atoms with Gasteiger partial charge in [0.2, 0.25) is 0 Å². The summed E-state index contributed by atoms with van der Waals surface area (Å²) >= 11 is 0. The average molecular weight is 1030 g/mol. The molecule has 4 atom stereocenters. The minimum atomic E-state index is -1.52. The van der Waals surface area contributed by atoms with E-state index in [4.69, 9.17) is 23.7 Å². The van der Waals surface area contributed by atoms with Crippen molar-refractivity contribution in [3.63, 3.8) is 0 Å². The highest BCUT2D eigenvalue weighted by Crippen LogP contribution is 2.46. The molecule has 4 unspecified atom stereocenters. The summed E-state index contributed by atoms with van der Waals surface area (Å²) in [7, 11) is 4.15. The van der Waals surface area contributed by atoms with Crippen molar-refractivity contribution < 1.29 is 47.7 Å². The zero-order valence-corrected chi connectivity index (χ0v) is 49.5. The van der Waals surface area contributed by atoms with E-state index in [-0.39, 0.29) is 28.6 Å². The summed E-state index contributed by atoms with van der Waals surface area (Å²) in [6.45, 7) is 41.6. The van der Waals surface area contributed by atoms with Crippen molar-refractivity contribution in [1.82, 2.24) is 25.8 Å². The third-order valence-electron chi connectivity index (χ3n) is 18.0. The average Bonchev–Trinajstić information content (AvgIpc) is 3.17. The quantitative estimate of drug-likeness (QED) is 0.140. The Labute approximate surface area is 440 Å². The number of carbonyl (C=O) groups is 5. The van der Waals surface area contributed by atoms with Crippen LogP contribution in [0, 0.1) is 29.6 Å². The Morgan fingerprint density at radius 3 is 0.740 bits per heavy atom. The number of likely N-dealkylation sites (tertiary alicyclic amines) is 2. The Bertz CT molecular complexity index is 1890. The molecule has 0 aromatic rings. The first-order valence-electron chi connectivity index (χ1n) is 27.7. The molecule has 6 aliphatic rings. The third kappa shape index (κ3) is 14.0. The van der Waals surface area contributed by atoms with Crippen molar-refractivity contribution >= 4 is 29.8 Å². The van der Waals surface area contributed by atoms with Gasteiger partial charge in [-0.3, -0.25) is 33.8 Å². The molecular formula is C58H101N5O10. The Morgan fingerprint density at radius 2 is 0.507 bits per heavy atom. The number of carbonyl (C=O) groups excluding carboxylic acids is 5. The topological polar surface area (TPSA) is 174 Å². The van der Waals surface area contributed by atoms with Crippen LogP contribution < -0.4 is 16.0 Å². The van der Waals surface area contributed by atoms with Gasteiger partial charge >= 0.3 is 29.8 Å². The number of rotatable bonds is 10. The molecule has 5 aliphatic heterocycles. The molecule has 0 bridgehead atoms. The third-order valence-corrected chi connectivity index (χ3v) is 18.0. The first-order valence-corrected chi connectivity index (χ1v) is 27.7. The fourth-order valence-corrected chi connectivity index (χ4v) is 15.5. The van der Waals surface area contributed by atoms with Gasteiger partial charge < -0.3 is 39.6 Å². The smallest absolute Gasteiger partial charge is 0.309 e. The molecule has 73 heavy (non-hydrogen) atoms. The molecule has 418 valence electrons. The second-order valence-electron chi connectivity index (χ2n) is 30.5. The lowest BCUT2D eigenvalue weighted by Gasteiger charge is -2.53. The SMILES string of the molecule is CN1C(C)(C)CC(C(=O)OC2CC(OC(=O)C3CC(C)(C)N(C)C(C)(C)C3)C(OC(=O)C3CC(C)(C)NC(C)(C)C3)C(OC(=O)C3CC(C)(C)NC(C)(C)C3)C2OC(=O)C2CC(C)(C)NC(C)(C)C2)CC1(C)C. The minimum absolute atomic E-state index is 0.167. The van der Waals surface area contributed by atoms with Crippen LogP contribution in [0.15, 0.2) is 0 Å². The number of hydrogen-bond acceptors (Lipinski definition) is 15. The van der Waals surface area contributed by atoms with Gasteiger partial charge in [-0.05, 0) is 217 Å². The minimum Gasteiger partial charge on any atom is -0.458 e. The summed E-state index contributed by atoms with van der Waals surface area (Å²) in [5, 5.41) is 11.0. The van der Waals surface area contributed by atoms with Gasteiger partial charge in [-0.15, -0.1) is 0 Å². The Balaban J connectivity index is 1.50. The largest absolute Gasteiger partial charge is 0.458 e. The molecule has 15 heteroatoms. The van der Waals surface area contributed by atoms with Crippen molar-refractivity contribution in [2.45, 2.75) is 295 Å². The van der Waals surface area contributed by atoms with Crippen LogP contribution >= 0.6 is 0 Å². The van der Waals surface area contributed by atoms with Crippen molar-refractivity contribution in [2.24, 2.45) is 29.6 Å². The molecule has 5 saturated heterocycles. The highest BCUT2D eigenvalue weighted by atomic mass is 16.6. The van der Waals surface area contributed by atoms with Gasteiger partial charge in [0, 0.05) is 61.8 Å². The second kappa shape index (κ2) is 19.9. The molecule has 0 radical (unpaired) electrons. The van der Waals surface area contributed by atoms with Crippen LogP contribution in [0.3, 0.4) is 0 Å². The molecule has 0 spiro atoms. The van der Waals surface area contributed by atoms with Crippen LogP contribution in [0.4, 0.5) is 0 Å². The molecule has 0 aromatic heterocycles. The van der Waals surface area contributed by atoms with E-state index in [1.165, 1.54) is 0 Å². The Morgan fingerprint density at radius 1 is 0.315 bits per heavy atom. The first-order chi connectivity index (χ1) is 32.8. The van der Waals surface area contributed by atoms with Crippen LogP contribution in [0.5, 0.6) is 0 Å². The van der Waals surface area contributed by atoms with E-state index in [9.17, 15) is 0 Å². The van der Waals surface area contributed by atoms with Crippen molar-refractivity contribution in [1.29, 1.82) is 0 Å². The number of nitrogens with one attached hydrogen (secondary N) is 3. The van der Waals surface area contributed by atoms with E-state index in [0.29, 0.717) is 64.2 Å². The lowest BCUT2D eigenvalue weighted by atomic mass is 9.74. The molecule has 6 rings (SSSR count). The van der Waals surface area contributed by atoms with E-state index >= 15 is 24.0 Å². The van der Waals surface area contributed by atoms with Gasteiger partial charge in [-0.25, -0.2) is 0 Å². The summed E-state index contributed by atoms with van der Waals surface area (Å²) < 4.78 is 33.8. The van der Waals surface area contributed by atoms with Crippen molar-refractivity contribution in [3.05, 3.63) is 0 Å². The number of nitrogens with zero attached hydrogens (tertiary/aromatic N) is 2. The molecule has 3 N–H and O–H groups in total. The van der Waals surface area contributed by atoms with Gasteiger partial charge in [0.15, 0.2) is 18.3 Å². The lowest BCUT2D eigenvalue weighted by molar-refractivity contribution is -0.240. The van der Waals surface area contributed by atoms with E-state index in [2.05, 4.69) is 178 Å². The van der Waals surface area contributed by atoms with E-state index < -0.39 is 123 Å². The van der Waals surface area contributed by atoms with Gasteiger partial charge in [-0.1, -0.05) is 0 Å². The number of hydrogen-bond donors (Lipinski definition) is 3. The first kappa shape index (κ1) is 59.4. The summed E-state index contributed by atoms with van der Waals surface area (Å²) in [6.07, 6.45) is -2.31. The van der Waals surface area contributed by atoms with Gasteiger partial charge in [0.1, 0.15) is 12.2 Å². The lowest BCUT2D eigenvalue weighted by Crippen LogP contribution is -2.65. The fraction of sp³-hybridized carbons (Fsp3) is 0.914. The van der Waals surface area contributed by atoms with Crippen LogP contribution in [0.25, 0.3) is 0 Å². The van der Waals surface area contributed by atoms with Crippen LogP contribution in [0.2, 0.25) is 0 Å². The molecule has 1 aliphatic carbocycles. The molecule has 15 nitrogen and oxygen atoms in total. The standard InChI is InChI=1S/C58H101N5O10/c1-49(2)24-34(25-50(3,4)59-49)46(66)71-41-39(69-44(64)37-30-55(13,14)62(21)56(15,16)31-37)23-40(70-45(65)38-32-57(17,18)63(22)58(19,20)33-38)42(72-47(67)35-26-51(5,6)60-52(7,8)27-35)43(41)73-48(68)36-28-53(9,10)61-54(11,12)29-36/h34-43,59-61H,23-33H2,1-22H3. The highest BCUT2D eigenvalue weighted by Gasteiger charge is 2.59. The number of ether oxygens (including phenoxy) is 5. The summed E-state index contributed by atoms with van der Waals surface area (Å²) in [4.78, 5) is 79.9. The van der Waals surface area contributed by atoms with Gasteiger partial charge in [0.25, 0.3) is 0 Å².